The molecule has 0 bridgehead atoms. The van der Waals surface area contributed by atoms with Crippen molar-refractivity contribution >= 4 is 17.9 Å². The fourth-order valence-corrected chi connectivity index (χ4v) is 2.13. The van der Waals surface area contributed by atoms with Crippen LogP contribution in [0.1, 0.15) is 24.7 Å². The van der Waals surface area contributed by atoms with Gasteiger partial charge in [0.15, 0.2) is 0 Å². The normalized spacial score (nSPS) is 12.7. The van der Waals surface area contributed by atoms with Crippen LogP contribution in [0.4, 0.5) is 0 Å². The first kappa shape index (κ1) is 21.2. The number of aryl methyl sites for hydroxylation is 1. The fraction of sp³-hybridized carbons (Fsp3) is 0.389. The van der Waals surface area contributed by atoms with E-state index < -0.39 is 0 Å². The number of nitrogens with two attached hydrogens (primary N) is 2. The van der Waals surface area contributed by atoms with Gasteiger partial charge in [-0.15, -0.1) is 5.10 Å². The maximum absolute atomic E-state index is 10.6. The lowest BCUT2D eigenvalue weighted by molar-refractivity contribution is -0.104. The van der Waals surface area contributed by atoms with Crippen LogP contribution >= 0.6 is 0 Å². The number of nitrogens with zero attached hydrogens (tertiary/aromatic N) is 4. The van der Waals surface area contributed by atoms with Gasteiger partial charge in [-0.05, 0) is 31.6 Å². The molecule has 1 heterocycles. The number of rotatable bonds is 9. The number of aldehydes is 1. The first-order valence-corrected chi connectivity index (χ1v) is 8.34. The number of hydrazine groups is 1. The van der Waals surface area contributed by atoms with E-state index in [0.717, 1.165) is 18.7 Å². The van der Waals surface area contributed by atoms with Crippen molar-refractivity contribution < 1.29 is 9.53 Å². The predicted molar refractivity (Wildman–Crippen MR) is 104 cm³/mol. The average molecular weight is 360 g/mol. The summed E-state index contributed by atoms with van der Waals surface area (Å²) in [6.07, 6.45) is 4.41. The van der Waals surface area contributed by atoms with E-state index in [1.807, 2.05) is 39.1 Å². The molecule has 1 rings (SSSR count). The van der Waals surface area contributed by atoms with Gasteiger partial charge in [0.25, 0.3) is 0 Å². The van der Waals surface area contributed by atoms with Crippen molar-refractivity contribution in [3.63, 3.8) is 0 Å². The van der Waals surface area contributed by atoms with E-state index in [2.05, 4.69) is 10.1 Å². The minimum absolute atomic E-state index is 0.0798. The number of carbonyl (C=O) groups excluding carboxylic acids is 1. The van der Waals surface area contributed by atoms with Gasteiger partial charge in [0, 0.05) is 32.4 Å². The standard InChI is InChI=1S/C18H28N6O2/c1-5-11-23(3)22-17(10-7-12-25)26-13-16(24(4)20)18(19)15-9-6-8-14(2)21-15/h6-10,12H,5,11,13,19-20H2,1-4H3/b10-7-,18-16-,22-17+. The van der Waals surface area contributed by atoms with Crippen molar-refractivity contribution in [2.45, 2.75) is 20.3 Å². The Balaban J connectivity index is 3.06. The number of ether oxygens (including phenoxy) is 1. The molecule has 1 aromatic heterocycles. The van der Waals surface area contributed by atoms with Gasteiger partial charge in [0.1, 0.15) is 12.9 Å². The number of hydrogen-bond donors (Lipinski definition) is 2. The zero-order valence-electron chi connectivity index (χ0n) is 15.8. The molecule has 8 nitrogen and oxygen atoms in total. The van der Waals surface area contributed by atoms with Gasteiger partial charge in [-0.3, -0.25) is 14.8 Å². The Labute approximate surface area is 154 Å². The van der Waals surface area contributed by atoms with Crippen LogP contribution in [0.2, 0.25) is 0 Å². The summed E-state index contributed by atoms with van der Waals surface area (Å²) in [7, 11) is 3.50. The summed E-state index contributed by atoms with van der Waals surface area (Å²) in [4.78, 5) is 15.0. The lowest BCUT2D eigenvalue weighted by Gasteiger charge is -2.20. The van der Waals surface area contributed by atoms with E-state index in [-0.39, 0.29) is 12.5 Å². The van der Waals surface area contributed by atoms with Crippen molar-refractivity contribution in [2.75, 3.05) is 27.2 Å². The second kappa shape index (κ2) is 10.9. The van der Waals surface area contributed by atoms with E-state index in [4.69, 9.17) is 16.3 Å². The summed E-state index contributed by atoms with van der Waals surface area (Å²) >= 11 is 0. The van der Waals surface area contributed by atoms with E-state index in [1.165, 1.54) is 17.2 Å². The minimum atomic E-state index is 0.0798. The SMILES string of the molecule is CCCN(C)/N=C(\C=C/C=O)OC/C(=C(/N)c1cccc(C)n1)N(C)N. The number of likely N-dealkylation sites (N-methyl/N-ethyl adjacent to an activating group) is 1. The summed E-state index contributed by atoms with van der Waals surface area (Å²) in [5.41, 5.74) is 8.67. The summed E-state index contributed by atoms with van der Waals surface area (Å²) < 4.78 is 5.73. The van der Waals surface area contributed by atoms with Crippen LogP contribution in [0.25, 0.3) is 5.70 Å². The van der Waals surface area contributed by atoms with Crippen LogP contribution < -0.4 is 11.6 Å². The van der Waals surface area contributed by atoms with Crippen LogP contribution in [0.5, 0.6) is 0 Å². The third-order valence-corrected chi connectivity index (χ3v) is 3.39. The monoisotopic (exact) mass is 360 g/mol. The van der Waals surface area contributed by atoms with Gasteiger partial charge in [-0.25, -0.2) is 5.84 Å². The highest BCUT2D eigenvalue weighted by atomic mass is 16.5. The molecule has 1 aromatic rings. The van der Waals surface area contributed by atoms with E-state index in [0.29, 0.717) is 23.4 Å². The summed E-state index contributed by atoms with van der Waals surface area (Å²) in [6.45, 7) is 4.78. The third kappa shape index (κ3) is 6.94. The largest absolute Gasteiger partial charge is 0.470 e. The van der Waals surface area contributed by atoms with Crippen molar-refractivity contribution in [3.05, 3.63) is 47.4 Å². The zero-order valence-corrected chi connectivity index (χ0v) is 15.8. The molecule has 0 saturated carbocycles. The Kier molecular flexibility index (Phi) is 8.86. The maximum atomic E-state index is 10.6. The number of carbonyl (C=O) groups is 1. The van der Waals surface area contributed by atoms with Crippen LogP contribution in [0, 0.1) is 6.92 Å². The topological polar surface area (TPSA) is 110 Å². The molecule has 4 N–H and O–H groups in total. The van der Waals surface area contributed by atoms with Gasteiger partial charge in [-0.1, -0.05) is 13.0 Å². The van der Waals surface area contributed by atoms with Crippen molar-refractivity contribution in [1.29, 1.82) is 0 Å². The second-order valence-corrected chi connectivity index (χ2v) is 5.74. The molecule has 26 heavy (non-hydrogen) atoms. The molecule has 0 radical (unpaired) electrons. The smallest absolute Gasteiger partial charge is 0.231 e. The molecule has 0 fully saturated rings. The highest BCUT2D eigenvalue weighted by Gasteiger charge is 2.12. The highest BCUT2D eigenvalue weighted by molar-refractivity contribution is 5.91. The Morgan fingerprint density at radius 3 is 2.69 bits per heavy atom. The maximum Gasteiger partial charge on any atom is 0.231 e. The number of hydrazone groups is 1. The zero-order chi connectivity index (χ0) is 19.5. The van der Waals surface area contributed by atoms with E-state index in [1.54, 1.807) is 12.1 Å². The van der Waals surface area contributed by atoms with Gasteiger partial charge >= 0.3 is 0 Å². The van der Waals surface area contributed by atoms with Crippen LogP contribution in [-0.4, -0.2) is 54.4 Å². The molecule has 0 aliphatic rings. The first-order valence-electron chi connectivity index (χ1n) is 8.34. The molecule has 0 atom stereocenters. The molecule has 0 amide bonds. The van der Waals surface area contributed by atoms with Crippen LogP contribution in [-0.2, 0) is 9.53 Å². The number of pyridine rings is 1. The minimum Gasteiger partial charge on any atom is -0.470 e. The van der Waals surface area contributed by atoms with E-state index >= 15 is 0 Å². The predicted octanol–water partition coefficient (Wildman–Crippen LogP) is 1.25. The Bertz CT molecular complexity index is 682. The molecule has 0 saturated heterocycles. The lowest BCUT2D eigenvalue weighted by atomic mass is 10.2. The summed E-state index contributed by atoms with van der Waals surface area (Å²) in [6, 6.07) is 5.57. The van der Waals surface area contributed by atoms with Gasteiger partial charge < -0.3 is 15.5 Å². The van der Waals surface area contributed by atoms with Gasteiger partial charge in [0.2, 0.25) is 5.90 Å². The quantitative estimate of drug-likeness (QED) is 0.170. The third-order valence-electron chi connectivity index (χ3n) is 3.39. The van der Waals surface area contributed by atoms with Gasteiger partial charge in [-0.2, -0.15) is 0 Å². The number of allylic oxidation sites excluding steroid dienone is 1. The van der Waals surface area contributed by atoms with Gasteiger partial charge in [0.05, 0.1) is 17.1 Å². The van der Waals surface area contributed by atoms with Crippen LogP contribution in [0.15, 0.2) is 41.1 Å². The van der Waals surface area contributed by atoms with Crippen molar-refractivity contribution in [3.8, 4) is 0 Å². The van der Waals surface area contributed by atoms with Crippen molar-refractivity contribution in [1.82, 2.24) is 15.0 Å². The molecule has 0 aromatic carbocycles. The molecule has 0 aliphatic heterocycles. The fourth-order valence-electron chi connectivity index (χ4n) is 2.13. The van der Waals surface area contributed by atoms with Crippen LogP contribution in [0.3, 0.4) is 0 Å². The van der Waals surface area contributed by atoms with Crippen molar-refractivity contribution in [2.24, 2.45) is 16.7 Å². The molecule has 0 aliphatic carbocycles. The summed E-state index contributed by atoms with van der Waals surface area (Å²) in [5, 5.41) is 7.45. The van der Waals surface area contributed by atoms with E-state index in [9.17, 15) is 4.79 Å². The molecule has 0 unspecified atom stereocenters. The lowest BCUT2D eigenvalue weighted by Crippen LogP contribution is -2.31. The summed E-state index contributed by atoms with van der Waals surface area (Å²) in [5.74, 6) is 6.20. The average Bonchev–Trinajstić information content (AvgIpc) is 2.59. The Morgan fingerprint density at radius 2 is 2.12 bits per heavy atom. The first-order chi connectivity index (χ1) is 12.4. The number of aromatic nitrogens is 1. The Hall–Kier alpha value is -2.87. The molecule has 8 heteroatoms. The molecule has 0 spiro atoms. The molecule has 142 valence electrons. The second-order valence-electron chi connectivity index (χ2n) is 5.74. The molecular weight excluding hydrogens is 332 g/mol. The number of hydrogen-bond acceptors (Lipinski definition) is 8. The molecular formula is C18H28N6O2. The highest BCUT2D eigenvalue weighted by Crippen LogP contribution is 2.14. The Morgan fingerprint density at radius 1 is 1.38 bits per heavy atom.